The first kappa shape index (κ1) is 16.5. The maximum Gasteiger partial charge on any atom is 0.230 e. The monoisotopic (exact) mass is 294 g/mol. The van der Waals surface area contributed by atoms with Crippen LogP contribution in [0.4, 0.5) is 0 Å². The number of piperidine rings is 1. The number of rotatable bonds is 4. The van der Waals surface area contributed by atoms with Crippen molar-refractivity contribution in [3.63, 3.8) is 0 Å². The molecule has 1 heterocycles. The molecule has 2 N–H and O–H groups in total. The van der Waals surface area contributed by atoms with Gasteiger partial charge in [0.1, 0.15) is 0 Å². The van der Waals surface area contributed by atoms with Crippen LogP contribution in [0.3, 0.4) is 0 Å². The van der Waals surface area contributed by atoms with E-state index in [-0.39, 0.29) is 17.2 Å². The molecule has 0 bridgehead atoms. The van der Waals surface area contributed by atoms with E-state index >= 15 is 0 Å². The van der Waals surface area contributed by atoms with Gasteiger partial charge in [0.15, 0.2) is 0 Å². The lowest BCUT2D eigenvalue weighted by Crippen LogP contribution is -2.61. The van der Waals surface area contributed by atoms with E-state index in [0.717, 1.165) is 32.1 Å². The Labute approximate surface area is 128 Å². The zero-order chi connectivity index (χ0) is 15.7. The Morgan fingerprint density at radius 2 is 1.67 bits per heavy atom. The van der Waals surface area contributed by atoms with Crippen LogP contribution in [0.2, 0.25) is 0 Å². The number of imide groups is 1. The van der Waals surface area contributed by atoms with Crippen molar-refractivity contribution in [1.82, 2.24) is 4.90 Å². The summed E-state index contributed by atoms with van der Waals surface area (Å²) >= 11 is 0. The van der Waals surface area contributed by atoms with Gasteiger partial charge in [-0.25, -0.2) is 0 Å². The molecule has 0 aromatic rings. The van der Waals surface area contributed by atoms with Gasteiger partial charge in [0.2, 0.25) is 11.8 Å². The summed E-state index contributed by atoms with van der Waals surface area (Å²) in [5.41, 5.74) is 5.36. The quantitative estimate of drug-likeness (QED) is 0.811. The van der Waals surface area contributed by atoms with Crippen LogP contribution in [0.15, 0.2) is 0 Å². The number of amides is 2. The number of carbonyl (C=O) groups excluding carboxylic acids is 2. The second-order valence-corrected chi connectivity index (χ2v) is 7.84. The van der Waals surface area contributed by atoms with E-state index in [1.54, 1.807) is 0 Å². The Balaban J connectivity index is 2.19. The van der Waals surface area contributed by atoms with E-state index in [0.29, 0.717) is 25.3 Å². The zero-order valence-electron chi connectivity index (χ0n) is 13.8. The molecule has 21 heavy (non-hydrogen) atoms. The van der Waals surface area contributed by atoms with Crippen molar-refractivity contribution in [3.05, 3.63) is 0 Å². The van der Waals surface area contributed by atoms with Crippen LogP contribution in [0.1, 0.15) is 72.1 Å². The lowest BCUT2D eigenvalue weighted by Gasteiger charge is -2.48. The molecular formula is C17H30N2O2. The lowest BCUT2D eigenvalue weighted by molar-refractivity contribution is -0.162. The first-order valence-corrected chi connectivity index (χ1v) is 8.38. The van der Waals surface area contributed by atoms with Gasteiger partial charge < -0.3 is 5.73 Å². The van der Waals surface area contributed by atoms with Crippen molar-refractivity contribution >= 4 is 11.8 Å². The van der Waals surface area contributed by atoms with Gasteiger partial charge in [-0.1, -0.05) is 33.1 Å². The van der Waals surface area contributed by atoms with Gasteiger partial charge in [0.05, 0.1) is 5.54 Å². The number of carbonyl (C=O) groups is 2. The number of likely N-dealkylation sites (tertiary alicyclic amines) is 1. The van der Waals surface area contributed by atoms with Crippen LogP contribution in [-0.2, 0) is 9.59 Å². The smallest absolute Gasteiger partial charge is 0.230 e. The van der Waals surface area contributed by atoms with Crippen molar-refractivity contribution in [2.24, 2.45) is 17.1 Å². The molecule has 0 radical (unpaired) electrons. The Bertz CT molecular complexity index is 393. The van der Waals surface area contributed by atoms with Gasteiger partial charge in [-0.2, -0.15) is 0 Å². The molecule has 4 heteroatoms. The summed E-state index contributed by atoms with van der Waals surface area (Å²) in [6.45, 7) is 6.52. The molecule has 2 aliphatic rings. The normalized spacial score (nSPS) is 25.5. The largest absolute Gasteiger partial charge is 0.328 e. The van der Waals surface area contributed by atoms with Crippen molar-refractivity contribution < 1.29 is 9.59 Å². The Kier molecular flexibility index (Phi) is 4.76. The van der Waals surface area contributed by atoms with Crippen molar-refractivity contribution in [1.29, 1.82) is 0 Å². The van der Waals surface area contributed by atoms with Gasteiger partial charge in [-0.05, 0) is 37.5 Å². The van der Waals surface area contributed by atoms with Crippen LogP contribution < -0.4 is 5.73 Å². The summed E-state index contributed by atoms with van der Waals surface area (Å²) < 4.78 is 0. The number of hydrogen-bond acceptors (Lipinski definition) is 3. The van der Waals surface area contributed by atoms with Gasteiger partial charge in [-0.3, -0.25) is 14.5 Å². The van der Waals surface area contributed by atoms with E-state index in [1.165, 1.54) is 11.3 Å². The highest BCUT2D eigenvalue weighted by atomic mass is 16.2. The lowest BCUT2D eigenvalue weighted by atomic mass is 9.67. The first-order valence-electron chi connectivity index (χ1n) is 8.38. The topological polar surface area (TPSA) is 63.4 Å². The third-order valence-electron chi connectivity index (χ3n) is 5.29. The highest BCUT2D eigenvalue weighted by molar-refractivity contribution is 5.99. The molecule has 2 fully saturated rings. The fourth-order valence-corrected chi connectivity index (χ4v) is 4.40. The molecule has 1 spiro atoms. The molecule has 1 unspecified atom stereocenters. The molecule has 1 atom stereocenters. The maximum atomic E-state index is 12.7. The van der Waals surface area contributed by atoms with Gasteiger partial charge in [-0.15, -0.1) is 0 Å². The summed E-state index contributed by atoms with van der Waals surface area (Å²) in [5.74, 6) is 0.410. The Hall–Kier alpha value is -0.900. The molecule has 1 aliphatic carbocycles. The average molecular weight is 294 g/mol. The van der Waals surface area contributed by atoms with E-state index < -0.39 is 5.54 Å². The molecule has 0 aromatic carbocycles. The SMILES string of the molecule is CC(C)CC(C)(CN)N1C(=O)CC2(CCCCC2)CC1=O. The molecule has 0 aromatic heterocycles. The van der Waals surface area contributed by atoms with Gasteiger partial charge >= 0.3 is 0 Å². The predicted octanol–water partition coefficient (Wildman–Crippen LogP) is 2.85. The minimum atomic E-state index is -0.529. The highest BCUT2D eigenvalue weighted by Crippen LogP contribution is 2.46. The zero-order valence-corrected chi connectivity index (χ0v) is 13.8. The fraction of sp³-hybridized carbons (Fsp3) is 0.882. The van der Waals surface area contributed by atoms with E-state index in [4.69, 9.17) is 5.73 Å². The summed E-state index contributed by atoms with van der Waals surface area (Å²) in [6.07, 6.45) is 7.44. The summed E-state index contributed by atoms with van der Waals surface area (Å²) in [4.78, 5) is 26.9. The summed E-state index contributed by atoms with van der Waals surface area (Å²) in [6, 6.07) is 0. The minimum Gasteiger partial charge on any atom is -0.328 e. The number of nitrogens with zero attached hydrogens (tertiary/aromatic N) is 1. The van der Waals surface area contributed by atoms with E-state index in [2.05, 4.69) is 13.8 Å². The Morgan fingerprint density at radius 3 is 2.10 bits per heavy atom. The van der Waals surface area contributed by atoms with Gasteiger partial charge in [0, 0.05) is 19.4 Å². The summed E-state index contributed by atoms with van der Waals surface area (Å²) in [5, 5.41) is 0. The minimum absolute atomic E-state index is 0.00162. The summed E-state index contributed by atoms with van der Waals surface area (Å²) in [7, 11) is 0. The Morgan fingerprint density at radius 1 is 1.14 bits per heavy atom. The van der Waals surface area contributed by atoms with Gasteiger partial charge in [0.25, 0.3) is 0 Å². The third-order valence-corrected chi connectivity index (χ3v) is 5.29. The van der Waals surface area contributed by atoms with Crippen LogP contribution in [0, 0.1) is 11.3 Å². The first-order chi connectivity index (χ1) is 9.82. The van der Waals surface area contributed by atoms with E-state index in [1.807, 2.05) is 6.92 Å². The third kappa shape index (κ3) is 3.31. The van der Waals surface area contributed by atoms with Crippen molar-refractivity contribution in [2.75, 3.05) is 6.54 Å². The highest BCUT2D eigenvalue weighted by Gasteiger charge is 2.49. The van der Waals surface area contributed by atoms with Crippen LogP contribution in [0.25, 0.3) is 0 Å². The second-order valence-electron chi connectivity index (χ2n) is 7.84. The van der Waals surface area contributed by atoms with E-state index in [9.17, 15) is 9.59 Å². The molecule has 1 saturated heterocycles. The molecule has 1 aliphatic heterocycles. The molecular weight excluding hydrogens is 264 g/mol. The van der Waals surface area contributed by atoms with Crippen molar-refractivity contribution in [3.8, 4) is 0 Å². The maximum absolute atomic E-state index is 12.7. The second kappa shape index (κ2) is 6.07. The van der Waals surface area contributed by atoms with Crippen molar-refractivity contribution in [2.45, 2.75) is 77.7 Å². The number of hydrogen-bond donors (Lipinski definition) is 1. The fourth-order valence-electron chi connectivity index (χ4n) is 4.40. The van der Waals surface area contributed by atoms with Crippen LogP contribution >= 0.6 is 0 Å². The van der Waals surface area contributed by atoms with Crippen LogP contribution in [-0.4, -0.2) is 28.8 Å². The molecule has 2 rings (SSSR count). The molecule has 2 amide bonds. The molecule has 120 valence electrons. The molecule has 4 nitrogen and oxygen atoms in total. The molecule has 1 saturated carbocycles. The average Bonchev–Trinajstić information content (AvgIpc) is 2.37. The predicted molar refractivity (Wildman–Crippen MR) is 83.5 cm³/mol. The number of nitrogens with two attached hydrogens (primary N) is 1. The van der Waals surface area contributed by atoms with Crippen LogP contribution in [0.5, 0.6) is 0 Å². The standard InChI is InChI=1S/C17H30N2O2/c1-13(2)9-16(3,12-18)19-14(20)10-17(11-15(19)21)7-5-4-6-8-17/h13H,4-12,18H2,1-3H3.